The second-order valence-corrected chi connectivity index (χ2v) is 6.89. The Morgan fingerprint density at radius 3 is 1.46 bits per heavy atom. The van der Waals surface area contributed by atoms with Crippen molar-refractivity contribution in [3.63, 3.8) is 0 Å². The van der Waals surface area contributed by atoms with Gasteiger partial charge in [-0.05, 0) is 37.7 Å². The van der Waals surface area contributed by atoms with Gasteiger partial charge in [-0.3, -0.25) is 14.4 Å². The minimum Gasteiger partial charge on any atom is -0.480 e. The summed E-state index contributed by atoms with van der Waals surface area (Å²) in [4.78, 5) is 30.0. The summed E-state index contributed by atoms with van der Waals surface area (Å²) in [6.45, 7) is 5.23. The van der Waals surface area contributed by atoms with E-state index in [2.05, 4.69) is 0 Å². The van der Waals surface area contributed by atoms with Crippen molar-refractivity contribution in [2.75, 3.05) is 12.0 Å². The quantitative estimate of drug-likeness (QED) is 0.259. The van der Waals surface area contributed by atoms with Crippen LogP contribution in [0, 0.1) is 5.92 Å². The molecule has 0 aromatic heterocycles. The van der Waals surface area contributed by atoms with Gasteiger partial charge in [-0.1, -0.05) is 13.8 Å². The molecule has 0 rings (SSSR count). The van der Waals surface area contributed by atoms with Gasteiger partial charge in [-0.15, -0.1) is 0 Å². The first-order chi connectivity index (χ1) is 11.8. The number of hydrogen-bond acceptors (Lipinski definition) is 8. The number of carboxylic acid groups (broad SMARTS) is 3. The number of carbonyl (C=O) groups is 3. The molecule has 0 aliphatic heterocycles. The van der Waals surface area contributed by atoms with E-state index in [1.54, 1.807) is 11.8 Å². The van der Waals surface area contributed by atoms with Crippen LogP contribution in [0.3, 0.4) is 0 Å². The van der Waals surface area contributed by atoms with Gasteiger partial charge in [0, 0.05) is 0 Å². The van der Waals surface area contributed by atoms with Gasteiger partial charge < -0.3 is 37.6 Å². The van der Waals surface area contributed by atoms with Crippen LogP contribution in [0.4, 0.5) is 0 Å². The molecule has 0 amide bonds. The molecule has 0 saturated heterocycles. The Hall–Kier alpha value is -1.40. The van der Waals surface area contributed by atoms with Gasteiger partial charge in [0.2, 0.25) is 0 Å². The van der Waals surface area contributed by atoms with Crippen LogP contribution < -0.4 is 17.2 Å². The molecule has 0 aromatic rings. The fourth-order valence-electron chi connectivity index (χ4n) is 1.18. The van der Waals surface area contributed by atoms with E-state index in [0.717, 1.165) is 5.75 Å². The Labute approximate surface area is 158 Å². The zero-order chi connectivity index (χ0) is 21.4. The maximum atomic E-state index is 10.1. The lowest BCUT2D eigenvalue weighted by atomic mass is 10.1. The number of thioether (sulfide) groups is 1. The summed E-state index contributed by atoms with van der Waals surface area (Å²) in [6.07, 6.45) is 2.05. The molecule has 11 heteroatoms. The molecular weight excluding hydrogens is 366 g/mol. The molecule has 4 unspecified atom stereocenters. The minimum absolute atomic E-state index is 0.357. The number of aliphatic hydroxyl groups is 1. The first-order valence-electron chi connectivity index (χ1n) is 7.89. The first kappa shape index (κ1) is 29.4. The summed E-state index contributed by atoms with van der Waals surface area (Å²) >= 11 is 1.60. The monoisotopic (exact) mass is 399 g/mol. The van der Waals surface area contributed by atoms with E-state index < -0.39 is 42.1 Å². The first-order valence-corrected chi connectivity index (χ1v) is 9.29. The Morgan fingerprint density at radius 1 is 0.885 bits per heavy atom. The summed E-state index contributed by atoms with van der Waals surface area (Å²) in [5.41, 5.74) is 15.3. The van der Waals surface area contributed by atoms with Crippen LogP contribution >= 0.6 is 11.8 Å². The highest BCUT2D eigenvalue weighted by Gasteiger charge is 2.16. The van der Waals surface area contributed by atoms with Crippen molar-refractivity contribution in [1.82, 2.24) is 0 Å². The molecule has 0 aliphatic carbocycles. The van der Waals surface area contributed by atoms with Gasteiger partial charge in [-0.2, -0.15) is 11.8 Å². The van der Waals surface area contributed by atoms with Crippen LogP contribution in [0.2, 0.25) is 0 Å². The highest BCUT2D eigenvalue weighted by Crippen LogP contribution is 2.01. The Morgan fingerprint density at radius 2 is 1.31 bits per heavy atom. The van der Waals surface area contributed by atoms with E-state index in [0.29, 0.717) is 18.8 Å². The summed E-state index contributed by atoms with van der Waals surface area (Å²) in [5.74, 6) is -1.84. The predicted octanol–water partition coefficient (Wildman–Crippen LogP) is -0.625. The van der Waals surface area contributed by atoms with Crippen molar-refractivity contribution in [2.45, 2.75) is 57.8 Å². The van der Waals surface area contributed by atoms with Gasteiger partial charge in [0.1, 0.15) is 18.1 Å². The van der Waals surface area contributed by atoms with E-state index in [9.17, 15) is 14.4 Å². The molecule has 4 atom stereocenters. The van der Waals surface area contributed by atoms with Crippen molar-refractivity contribution in [2.24, 2.45) is 23.1 Å². The zero-order valence-electron chi connectivity index (χ0n) is 15.7. The largest absolute Gasteiger partial charge is 0.480 e. The number of hydrogen-bond donors (Lipinski definition) is 7. The number of nitrogens with two attached hydrogens (primary N) is 3. The normalized spacial score (nSPS) is 14.7. The van der Waals surface area contributed by atoms with Crippen molar-refractivity contribution < 1.29 is 34.8 Å². The molecule has 0 aliphatic rings. The summed E-state index contributed by atoms with van der Waals surface area (Å²) < 4.78 is 0. The molecule has 0 saturated carbocycles. The molecule has 156 valence electrons. The summed E-state index contributed by atoms with van der Waals surface area (Å²) in [7, 11) is 0. The maximum absolute atomic E-state index is 10.1. The topological polar surface area (TPSA) is 210 Å². The lowest BCUT2D eigenvalue weighted by Gasteiger charge is -2.07. The van der Waals surface area contributed by atoms with Crippen LogP contribution in [-0.2, 0) is 14.4 Å². The highest BCUT2D eigenvalue weighted by atomic mass is 32.2. The number of carboxylic acids is 3. The zero-order valence-corrected chi connectivity index (χ0v) is 16.5. The summed E-state index contributed by atoms with van der Waals surface area (Å²) in [6, 6.07) is -2.53. The average molecular weight is 400 g/mol. The van der Waals surface area contributed by atoms with Crippen molar-refractivity contribution >= 4 is 29.7 Å². The lowest BCUT2D eigenvalue weighted by molar-refractivity contribution is -0.141. The molecule has 0 spiro atoms. The third-order valence-corrected chi connectivity index (χ3v) is 3.44. The van der Waals surface area contributed by atoms with Crippen molar-refractivity contribution in [1.29, 1.82) is 0 Å². The molecule has 10 N–H and O–H groups in total. The lowest BCUT2D eigenvalue weighted by Crippen LogP contribution is -2.39. The second kappa shape index (κ2) is 17.0. The smallest absolute Gasteiger partial charge is 0.323 e. The van der Waals surface area contributed by atoms with E-state index in [1.807, 2.05) is 20.1 Å². The van der Waals surface area contributed by atoms with Crippen LogP contribution in [0.15, 0.2) is 0 Å². The van der Waals surface area contributed by atoms with E-state index in [4.69, 9.17) is 37.6 Å². The molecule has 0 fully saturated rings. The van der Waals surface area contributed by atoms with Crippen molar-refractivity contribution in [3.05, 3.63) is 0 Å². The minimum atomic E-state index is -1.18. The maximum Gasteiger partial charge on any atom is 0.323 e. The molecular formula is C15H33N3O7S. The van der Waals surface area contributed by atoms with Crippen LogP contribution in [-0.4, -0.2) is 74.6 Å². The fourth-order valence-corrected chi connectivity index (χ4v) is 1.67. The van der Waals surface area contributed by atoms with E-state index in [-0.39, 0.29) is 0 Å². The van der Waals surface area contributed by atoms with Crippen LogP contribution in [0.1, 0.15) is 33.6 Å². The van der Waals surface area contributed by atoms with Gasteiger partial charge in [-0.25, -0.2) is 0 Å². The number of aliphatic hydroxyl groups excluding tert-OH is 1. The van der Waals surface area contributed by atoms with Gasteiger partial charge in [0.15, 0.2) is 0 Å². The highest BCUT2D eigenvalue weighted by molar-refractivity contribution is 7.98. The third-order valence-electron chi connectivity index (χ3n) is 2.80. The number of rotatable bonds is 9. The van der Waals surface area contributed by atoms with Crippen LogP contribution in [0.5, 0.6) is 0 Å². The number of aliphatic carboxylic acids is 3. The van der Waals surface area contributed by atoms with Crippen LogP contribution in [0.25, 0.3) is 0 Å². The molecule has 0 heterocycles. The standard InChI is InChI=1S/C6H13NO2.C5H11NO2S.C4H9NO3/c1-4(2)3-5(7)6(8)9;1-9-3-2-4(6)5(7)8;1-2(6)3(5)4(7)8/h4-5H,3,7H2,1-2H3,(H,8,9);4H,2-3,6H2,1H3,(H,7,8);2-3,6H,5H2,1H3,(H,7,8). The molecule has 0 bridgehead atoms. The Kier molecular flexibility index (Phi) is 19.2. The van der Waals surface area contributed by atoms with Gasteiger partial charge >= 0.3 is 17.9 Å². The van der Waals surface area contributed by atoms with Gasteiger partial charge in [0.25, 0.3) is 0 Å². The fraction of sp³-hybridized carbons (Fsp3) is 0.800. The van der Waals surface area contributed by atoms with E-state index in [1.165, 1.54) is 6.92 Å². The Bertz CT molecular complexity index is 409. The molecule has 0 radical (unpaired) electrons. The molecule has 10 nitrogen and oxygen atoms in total. The molecule has 0 aromatic carbocycles. The Balaban J connectivity index is -0.000000306. The predicted molar refractivity (Wildman–Crippen MR) is 101 cm³/mol. The molecule has 26 heavy (non-hydrogen) atoms. The van der Waals surface area contributed by atoms with Gasteiger partial charge in [0.05, 0.1) is 6.10 Å². The second-order valence-electron chi connectivity index (χ2n) is 5.91. The third kappa shape index (κ3) is 20.6. The SMILES string of the molecule is CC(C)CC(N)C(=O)O.CC(O)C(N)C(=O)O.CSCCC(N)C(=O)O. The van der Waals surface area contributed by atoms with E-state index >= 15 is 0 Å². The average Bonchev–Trinajstić information content (AvgIpc) is 2.51. The van der Waals surface area contributed by atoms with Crippen molar-refractivity contribution in [3.8, 4) is 0 Å². The summed E-state index contributed by atoms with van der Waals surface area (Å²) in [5, 5.41) is 33.1.